The number of nitrogens with one attached hydrogen (secondary N) is 1. The third-order valence-corrected chi connectivity index (χ3v) is 16.2. The number of hydrogen-bond donors (Lipinski definition) is 6. The van der Waals surface area contributed by atoms with Gasteiger partial charge in [-0.25, -0.2) is 0 Å². The van der Waals surface area contributed by atoms with Crippen LogP contribution in [0.1, 0.15) is 284 Å². The summed E-state index contributed by atoms with van der Waals surface area (Å²) in [5, 5.41) is 57.3. The summed E-state index contributed by atoms with van der Waals surface area (Å²) in [4.78, 5) is 26.7. The second-order valence-electron chi connectivity index (χ2n) is 24.6. The average Bonchev–Trinajstić information content (AvgIpc) is 1.09. The molecule has 0 aliphatic carbocycles. The van der Waals surface area contributed by atoms with Crippen molar-refractivity contribution in [3.8, 4) is 0 Å². The molecule has 0 saturated carbocycles. The Morgan fingerprint density at radius 2 is 0.791 bits per heavy atom. The van der Waals surface area contributed by atoms with E-state index in [2.05, 4.69) is 160 Å². The maximum atomic E-state index is 13.5. The van der Waals surface area contributed by atoms with Gasteiger partial charge in [0.25, 0.3) is 0 Å². The number of aliphatic hydroxyl groups excluding tert-OH is 5. The van der Waals surface area contributed by atoms with Gasteiger partial charge in [0.1, 0.15) is 24.4 Å². The Morgan fingerprint density at radius 1 is 0.440 bits per heavy atom. The van der Waals surface area contributed by atoms with Gasteiger partial charge in [-0.3, -0.25) is 9.59 Å². The van der Waals surface area contributed by atoms with Crippen molar-refractivity contribution >= 4 is 11.9 Å². The van der Waals surface area contributed by atoms with Gasteiger partial charge in [-0.15, -0.1) is 0 Å². The molecule has 0 aromatic carbocycles. The first-order valence-corrected chi connectivity index (χ1v) is 36.6. The van der Waals surface area contributed by atoms with Gasteiger partial charge in [0, 0.05) is 6.42 Å². The highest BCUT2D eigenvalue weighted by molar-refractivity contribution is 5.80. The highest BCUT2D eigenvalue weighted by Gasteiger charge is 2.47. The minimum Gasteiger partial charge on any atom is -0.454 e. The summed E-state index contributed by atoms with van der Waals surface area (Å²) in [5.41, 5.74) is 0. The fraction of sp³-hybridized carbons (Fsp3) is 0.675. The molecule has 1 saturated heterocycles. The number of amides is 1. The van der Waals surface area contributed by atoms with E-state index < -0.39 is 67.4 Å². The number of ether oxygens (including phenoxy) is 3. The van der Waals surface area contributed by atoms with Crippen LogP contribution in [0, 0.1) is 0 Å². The smallest absolute Gasteiger partial charge is 0.306 e. The molecule has 11 nitrogen and oxygen atoms in total. The Kier molecular flexibility index (Phi) is 60.9. The average molecular weight is 1270 g/mol. The zero-order valence-electron chi connectivity index (χ0n) is 57.7. The molecule has 6 N–H and O–H groups in total. The SMILES string of the molecule is CC/C=C\C/C=C\C/C=C\C/C=C\C/C=C\C/C=C\CCCCCCCCC(=O)OC1C(OCC(NC(=O)C(O)CCCCCCCCCC/C=C\C/C=C\C/C=C\C/C=C\C/C=C\CC)C(O)/C=C/CCCCCCCCCCCCC)OC(CO)C(O)C1O. The zero-order valence-corrected chi connectivity index (χ0v) is 57.7. The molecule has 1 aliphatic rings. The van der Waals surface area contributed by atoms with Crippen molar-refractivity contribution in [2.24, 2.45) is 0 Å². The summed E-state index contributed by atoms with van der Waals surface area (Å²) in [6.07, 6.45) is 84.4. The van der Waals surface area contributed by atoms with Gasteiger partial charge in [0.15, 0.2) is 12.4 Å². The van der Waals surface area contributed by atoms with E-state index in [0.29, 0.717) is 12.8 Å². The Morgan fingerprint density at radius 3 is 1.19 bits per heavy atom. The number of allylic oxidation sites excluding steroid dienone is 23. The maximum absolute atomic E-state index is 13.5. The Bertz CT molecular complexity index is 2040. The number of aliphatic hydroxyl groups is 5. The summed E-state index contributed by atoms with van der Waals surface area (Å²) in [6, 6.07) is -1.04. The lowest BCUT2D eigenvalue weighted by Gasteiger charge is -2.41. The Hall–Kier alpha value is -4.46. The van der Waals surface area contributed by atoms with Crippen LogP contribution in [0.25, 0.3) is 0 Å². The molecule has 0 radical (unpaired) electrons. The number of carbonyl (C=O) groups excluding carboxylic acids is 2. The van der Waals surface area contributed by atoms with E-state index in [0.717, 1.165) is 167 Å². The molecule has 1 heterocycles. The second-order valence-corrected chi connectivity index (χ2v) is 24.6. The molecule has 0 aromatic heterocycles. The summed E-state index contributed by atoms with van der Waals surface area (Å²) < 4.78 is 17.7. The van der Waals surface area contributed by atoms with Crippen LogP contribution in [-0.2, 0) is 23.8 Å². The lowest BCUT2D eigenvalue weighted by Crippen LogP contribution is -2.61. The molecule has 1 amide bonds. The topological polar surface area (TPSA) is 175 Å². The van der Waals surface area contributed by atoms with Gasteiger partial charge in [0.2, 0.25) is 5.91 Å². The first kappa shape index (κ1) is 84.6. The van der Waals surface area contributed by atoms with Crippen molar-refractivity contribution in [2.75, 3.05) is 13.2 Å². The van der Waals surface area contributed by atoms with E-state index in [1.54, 1.807) is 6.08 Å². The van der Waals surface area contributed by atoms with Gasteiger partial charge in [-0.05, 0) is 122 Å². The second kappa shape index (κ2) is 65.6. The van der Waals surface area contributed by atoms with Crippen LogP contribution in [0.3, 0.4) is 0 Å². The van der Waals surface area contributed by atoms with Crippen LogP contribution in [-0.4, -0.2) is 99.6 Å². The van der Waals surface area contributed by atoms with Crippen molar-refractivity contribution in [2.45, 2.75) is 333 Å². The fourth-order valence-electron chi connectivity index (χ4n) is 10.6. The van der Waals surface area contributed by atoms with Crippen molar-refractivity contribution in [1.29, 1.82) is 0 Å². The van der Waals surface area contributed by atoms with E-state index in [9.17, 15) is 35.1 Å². The van der Waals surface area contributed by atoms with Gasteiger partial charge >= 0.3 is 5.97 Å². The Labute approximate surface area is 555 Å². The molecule has 8 atom stereocenters. The van der Waals surface area contributed by atoms with Gasteiger partial charge < -0.3 is 45.1 Å². The highest BCUT2D eigenvalue weighted by atomic mass is 16.7. The van der Waals surface area contributed by atoms with Crippen LogP contribution in [0.2, 0.25) is 0 Å². The van der Waals surface area contributed by atoms with E-state index in [1.165, 1.54) is 70.6 Å². The molecule has 0 bridgehead atoms. The van der Waals surface area contributed by atoms with Crippen molar-refractivity contribution in [1.82, 2.24) is 5.32 Å². The van der Waals surface area contributed by atoms with Crippen LogP contribution in [0.15, 0.2) is 146 Å². The van der Waals surface area contributed by atoms with E-state index in [4.69, 9.17) is 14.2 Å². The van der Waals surface area contributed by atoms with Crippen molar-refractivity contribution in [3.05, 3.63) is 146 Å². The number of carbonyl (C=O) groups is 2. The minimum absolute atomic E-state index is 0.0974. The molecule has 0 spiro atoms. The predicted molar refractivity (Wildman–Crippen MR) is 384 cm³/mol. The third kappa shape index (κ3) is 52.6. The van der Waals surface area contributed by atoms with Gasteiger partial charge in [0.05, 0.1) is 25.4 Å². The zero-order chi connectivity index (χ0) is 66.0. The highest BCUT2D eigenvalue weighted by Crippen LogP contribution is 2.26. The fourth-order valence-corrected chi connectivity index (χ4v) is 10.6. The lowest BCUT2D eigenvalue weighted by atomic mass is 9.99. The number of esters is 1. The number of hydrogen-bond acceptors (Lipinski definition) is 10. The molecule has 1 rings (SSSR count). The standard InChI is InChI=1S/C80H133NO10/c1-4-7-10-13-16-19-22-25-27-29-31-33-35-37-39-41-43-45-47-50-53-56-59-62-65-68-75(85)91-78-77(87)76(86)74(69-82)90-80(78)89-70-71(72(83)66-63-60-57-54-51-48-24-21-18-15-12-9-6-3)81-79(88)73(84)67-64-61-58-55-52-49-46-44-42-40-38-36-34-32-30-28-26-23-20-17-14-11-8-5-2/h7-8,10-11,16-17,19-20,25-28,31-34,37-40,43,45,63,66,71-74,76-78,80,82-84,86-87H,4-6,9,12-15,18,21-24,29-30,35-36,41-42,44,46-62,64-65,67-70H2,1-3H3,(H,81,88)/b10-7-,11-8-,19-16-,20-17-,27-25-,28-26-,33-31-,34-32-,39-37-,40-38-,45-43-,66-63+. The summed E-state index contributed by atoms with van der Waals surface area (Å²) in [7, 11) is 0. The number of unbranched alkanes of at least 4 members (excludes halogenated alkanes) is 25. The Balaban J connectivity index is 2.61. The molecule has 1 aliphatic heterocycles. The van der Waals surface area contributed by atoms with E-state index in [-0.39, 0.29) is 19.4 Å². The van der Waals surface area contributed by atoms with Crippen LogP contribution in [0.4, 0.5) is 0 Å². The van der Waals surface area contributed by atoms with E-state index in [1.807, 2.05) is 6.08 Å². The minimum atomic E-state index is -1.63. The molecular formula is C80H133NO10. The van der Waals surface area contributed by atoms with E-state index >= 15 is 0 Å². The molecule has 11 heteroatoms. The first-order valence-electron chi connectivity index (χ1n) is 36.6. The molecule has 8 unspecified atom stereocenters. The van der Waals surface area contributed by atoms with Gasteiger partial charge in [-0.2, -0.15) is 0 Å². The van der Waals surface area contributed by atoms with Crippen molar-refractivity contribution in [3.63, 3.8) is 0 Å². The maximum Gasteiger partial charge on any atom is 0.306 e. The molecule has 91 heavy (non-hydrogen) atoms. The molecule has 518 valence electrons. The van der Waals surface area contributed by atoms with Crippen LogP contribution in [0.5, 0.6) is 0 Å². The van der Waals surface area contributed by atoms with Crippen LogP contribution >= 0.6 is 0 Å². The monoisotopic (exact) mass is 1270 g/mol. The first-order chi connectivity index (χ1) is 44.7. The van der Waals surface area contributed by atoms with Crippen molar-refractivity contribution < 1.29 is 49.3 Å². The third-order valence-electron chi connectivity index (χ3n) is 16.2. The van der Waals surface area contributed by atoms with Crippen LogP contribution < -0.4 is 5.32 Å². The largest absolute Gasteiger partial charge is 0.454 e. The van der Waals surface area contributed by atoms with Gasteiger partial charge in [-0.1, -0.05) is 301 Å². The summed E-state index contributed by atoms with van der Waals surface area (Å²) in [5.74, 6) is -1.22. The number of rotatable bonds is 61. The lowest BCUT2D eigenvalue weighted by molar-refractivity contribution is -0.305. The quantitative estimate of drug-likeness (QED) is 0.0195. The predicted octanol–water partition coefficient (Wildman–Crippen LogP) is 19.3. The molecule has 0 aromatic rings. The summed E-state index contributed by atoms with van der Waals surface area (Å²) >= 11 is 0. The normalized spacial score (nSPS) is 18.9. The molecule has 1 fully saturated rings. The molecular weight excluding hydrogens is 1130 g/mol. The summed E-state index contributed by atoms with van der Waals surface area (Å²) in [6.45, 7) is 5.57.